The van der Waals surface area contributed by atoms with E-state index in [0.29, 0.717) is 5.13 Å². The zero-order valence-electron chi connectivity index (χ0n) is 10.8. The SMILES string of the molecule is COc1ccc(OC)c2sc(NN=C(C)C)nc12. The van der Waals surface area contributed by atoms with Crippen LogP contribution in [0.3, 0.4) is 0 Å². The zero-order valence-corrected chi connectivity index (χ0v) is 11.6. The number of hydrazone groups is 1. The van der Waals surface area contributed by atoms with E-state index in [1.807, 2.05) is 26.0 Å². The third-order valence-corrected chi connectivity index (χ3v) is 3.26. The molecule has 0 saturated heterocycles. The Morgan fingerprint density at radius 1 is 1.22 bits per heavy atom. The summed E-state index contributed by atoms with van der Waals surface area (Å²) in [6.45, 7) is 3.84. The fourth-order valence-electron chi connectivity index (χ4n) is 1.49. The molecule has 6 heteroatoms. The van der Waals surface area contributed by atoms with Gasteiger partial charge in [0.25, 0.3) is 0 Å². The van der Waals surface area contributed by atoms with Crippen LogP contribution in [-0.2, 0) is 0 Å². The summed E-state index contributed by atoms with van der Waals surface area (Å²) in [7, 11) is 3.27. The Kier molecular flexibility index (Phi) is 3.66. The van der Waals surface area contributed by atoms with E-state index in [1.165, 1.54) is 11.3 Å². The molecule has 0 amide bonds. The van der Waals surface area contributed by atoms with E-state index < -0.39 is 0 Å². The van der Waals surface area contributed by atoms with Crippen LogP contribution in [0.15, 0.2) is 17.2 Å². The number of rotatable bonds is 4. The van der Waals surface area contributed by atoms with Crippen LogP contribution in [0.2, 0.25) is 0 Å². The highest BCUT2D eigenvalue weighted by atomic mass is 32.1. The van der Waals surface area contributed by atoms with Gasteiger partial charge in [0.1, 0.15) is 21.7 Å². The molecule has 1 heterocycles. The topological polar surface area (TPSA) is 55.7 Å². The van der Waals surface area contributed by atoms with Gasteiger partial charge in [0.15, 0.2) is 0 Å². The van der Waals surface area contributed by atoms with Gasteiger partial charge < -0.3 is 9.47 Å². The quantitative estimate of drug-likeness (QED) is 0.681. The molecule has 0 radical (unpaired) electrons. The summed E-state index contributed by atoms with van der Waals surface area (Å²) in [6.07, 6.45) is 0. The van der Waals surface area contributed by atoms with Crippen LogP contribution in [0.5, 0.6) is 11.5 Å². The molecule has 0 fully saturated rings. The van der Waals surface area contributed by atoms with Crippen molar-refractivity contribution in [3.05, 3.63) is 12.1 Å². The Hall–Kier alpha value is -1.82. The number of aromatic nitrogens is 1. The second-order valence-corrected chi connectivity index (χ2v) is 4.84. The van der Waals surface area contributed by atoms with Crippen molar-refractivity contribution >= 4 is 32.4 Å². The Balaban J connectivity index is 2.50. The van der Waals surface area contributed by atoms with Gasteiger partial charge in [-0.2, -0.15) is 5.10 Å². The predicted molar refractivity (Wildman–Crippen MR) is 75.1 cm³/mol. The van der Waals surface area contributed by atoms with E-state index in [1.54, 1.807) is 14.2 Å². The Morgan fingerprint density at radius 2 is 1.89 bits per heavy atom. The predicted octanol–water partition coefficient (Wildman–Crippen LogP) is 3.12. The summed E-state index contributed by atoms with van der Waals surface area (Å²) in [5, 5.41) is 4.85. The van der Waals surface area contributed by atoms with Crippen LogP contribution in [0, 0.1) is 0 Å². The monoisotopic (exact) mass is 265 g/mol. The highest BCUT2D eigenvalue weighted by Crippen LogP contribution is 2.38. The number of methoxy groups -OCH3 is 2. The molecule has 1 N–H and O–H groups in total. The molecule has 18 heavy (non-hydrogen) atoms. The second kappa shape index (κ2) is 5.22. The highest BCUT2D eigenvalue weighted by Gasteiger charge is 2.13. The van der Waals surface area contributed by atoms with Gasteiger partial charge in [0, 0.05) is 5.71 Å². The van der Waals surface area contributed by atoms with Gasteiger partial charge >= 0.3 is 0 Å². The summed E-state index contributed by atoms with van der Waals surface area (Å²) in [6, 6.07) is 3.72. The smallest absolute Gasteiger partial charge is 0.204 e. The summed E-state index contributed by atoms with van der Waals surface area (Å²) in [4.78, 5) is 4.46. The molecule has 0 bridgehead atoms. The molecule has 0 saturated carbocycles. The van der Waals surface area contributed by atoms with Crippen LogP contribution in [0.1, 0.15) is 13.8 Å². The number of ether oxygens (including phenoxy) is 2. The molecule has 96 valence electrons. The first-order valence-electron chi connectivity index (χ1n) is 5.44. The maximum absolute atomic E-state index is 5.32. The normalized spacial score (nSPS) is 10.2. The van der Waals surface area contributed by atoms with Gasteiger partial charge in [0.2, 0.25) is 5.13 Å². The molecule has 0 aliphatic rings. The Labute approximate surface area is 109 Å². The van der Waals surface area contributed by atoms with Crippen LogP contribution in [-0.4, -0.2) is 24.9 Å². The Bertz CT molecular complexity index is 547. The van der Waals surface area contributed by atoms with Crippen LogP contribution < -0.4 is 14.9 Å². The largest absolute Gasteiger partial charge is 0.495 e. The molecular formula is C12H15N3O2S. The molecule has 0 atom stereocenters. The number of nitrogens with one attached hydrogen (secondary N) is 1. The van der Waals surface area contributed by atoms with E-state index in [9.17, 15) is 0 Å². The lowest BCUT2D eigenvalue weighted by molar-refractivity contribution is 0.410. The minimum absolute atomic E-state index is 0.717. The number of fused-ring (bicyclic) bond motifs is 1. The molecule has 0 spiro atoms. The molecule has 0 unspecified atom stereocenters. The molecule has 1 aromatic carbocycles. The summed E-state index contributed by atoms with van der Waals surface area (Å²) in [5.74, 6) is 1.51. The van der Waals surface area contributed by atoms with E-state index in [0.717, 1.165) is 27.4 Å². The number of benzene rings is 1. The van der Waals surface area contributed by atoms with E-state index in [-0.39, 0.29) is 0 Å². The zero-order chi connectivity index (χ0) is 13.1. The third-order valence-electron chi connectivity index (χ3n) is 2.29. The van der Waals surface area contributed by atoms with Gasteiger partial charge in [-0.15, -0.1) is 0 Å². The average molecular weight is 265 g/mol. The summed E-state index contributed by atoms with van der Waals surface area (Å²) < 4.78 is 11.6. The lowest BCUT2D eigenvalue weighted by Gasteiger charge is -2.03. The molecule has 5 nitrogen and oxygen atoms in total. The van der Waals surface area contributed by atoms with Crippen molar-refractivity contribution in [2.24, 2.45) is 5.10 Å². The first-order chi connectivity index (χ1) is 8.65. The summed E-state index contributed by atoms with van der Waals surface area (Å²) in [5.41, 5.74) is 4.64. The van der Waals surface area contributed by atoms with Gasteiger partial charge in [-0.05, 0) is 26.0 Å². The number of hydrogen-bond acceptors (Lipinski definition) is 6. The molecule has 2 aromatic rings. The maximum Gasteiger partial charge on any atom is 0.204 e. The molecule has 0 aliphatic heterocycles. The Morgan fingerprint density at radius 3 is 2.50 bits per heavy atom. The van der Waals surface area contributed by atoms with Crippen molar-refractivity contribution in [3.63, 3.8) is 0 Å². The first kappa shape index (κ1) is 12.6. The lowest BCUT2D eigenvalue weighted by atomic mass is 10.3. The maximum atomic E-state index is 5.32. The number of anilines is 1. The van der Waals surface area contributed by atoms with Crippen molar-refractivity contribution in [3.8, 4) is 11.5 Å². The number of nitrogens with zero attached hydrogens (tertiary/aromatic N) is 2. The van der Waals surface area contributed by atoms with E-state index in [2.05, 4.69) is 15.5 Å². The standard InChI is InChI=1S/C12H15N3O2S/c1-7(2)14-15-12-13-10-8(16-3)5-6-9(17-4)11(10)18-12/h5-6H,1-4H3,(H,13,15). The first-order valence-corrected chi connectivity index (χ1v) is 6.25. The van der Waals surface area contributed by atoms with Gasteiger partial charge in [-0.3, -0.25) is 5.43 Å². The minimum atomic E-state index is 0.717. The van der Waals surface area contributed by atoms with Gasteiger partial charge in [-0.25, -0.2) is 4.98 Å². The van der Waals surface area contributed by atoms with Crippen LogP contribution >= 0.6 is 11.3 Å². The summed E-state index contributed by atoms with van der Waals surface area (Å²) >= 11 is 1.49. The fourth-order valence-corrected chi connectivity index (χ4v) is 2.41. The van der Waals surface area contributed by atoms with Gasteiger partial charge in [-0.1, -0.05) is 11.3 Å². The second-order valence-electron chi connectivity index (χ2n) is 3.84. The third kappa shape index (κ3) is 2.38. The van der Waals surface area contributed by atoms with Crippen molar-refractivity contribution in [1.82, 2.24) is 4.98 Å². The molecule has 0 aliphatic carbocycles. The van der Waals surface area contributed by atoms with Crippen LogP contribution in [0.4, 0.5) is 5.13 Å². The molecule has 1 aromatic heterocycles. The molecular weight excluding hydrogens is 250 g/mol. The van der Waals surface area contributed by atoms with Crippen molar-refractivity contribution < 1.29 is 9.47 Å². The van der Waals surface area contributed by atoms with Crippen LogP contribution in [0.25, 0.3) is 10.2 Å². The number of hydrogen-bond donors (Lipinski definition) is 1. The average Bonchev–Trinajstić information content (AvgIpc) is 2.79. The minimum Gasteiger partial charge on any atom is -0.495 e. The van der Waals surface area contributed by atoms with E-state index >= 15 is 0 Å². The fraction of sp³-hybridized carbons (Fsp3) is 0.333. The molecule has 2 rings (SSSR count). The number of thiazole rings is 1. The van der Waals surface area contributed by atoms with Gasteiger partial charge in [0.05, 0.1) is 14.2 Å². The van der Waals surface area contributed by atoms with Crippen molar-refractivity contribution in [1.29, 1.82) is 0 Å². The van der Waals surface area contributed by atoms with Crippen molar-refractivity contribution in [2.75, 3.05) is 19.6 Å². The van der Waals surface area contributed by atoms with E-state index in [4.69, 9.17) is 9.47 Å². The highest BCUT2D eigenvalue weighted by molar-refractivity contribution is 7.22. The van der Waals surface area contributed by atoms with Crippen molar-refractivity contribution in [2.45, 2.75) is 13.8 Å². The lowest BCUT2D eigenvalue weighted by Crippen LogP contribution is -1.92.